The standard InChI is InChI=1S/C11H19N3O3S/c1-17-9-8-13-6-7-14-10-4-2-3-5-11(10)18(12,15)16/h2-5,13-14H,6-9H2,1H3,(H2,12,15,16). The average molecular weight is 273 g/mol. The van der Waals surface area contributed by atoms with Gasteiger partial charge in [-0.1, -0.05) is 12.1 Å². The molecule has 0 fully saturated rings. The van der Waals surface area contributed by atoms with E-state index in [1.807, 2.05) is 0 Å². The van der Waals surface area contributed by atoms with Gasteiger partial charge in [-0.2, -0.15) is 0 Å². The third-order valence-corrected chi connectivity index (χ3v) is 3.26. The van der Waals surface area contributed by atoms with E-state index in [2.05, 4.69) is 10.6 Å². The predicted octanol–water partition coefficient (Wildman–Crippen LogP) is -0.0181. The monoisotopic (exact) mass is 273 g/mol. The van der Waals surface area contributed by atoms with Crippen LogP contribution in [0, 0.1) is 0 Å². The van der Waals surface area contributed by atoms with E-state index in [1.165, 1.54) is 6.07 Å². The summed E-state index contributed by atoms with van der Waals surface area (Å²) >= 11 is 0. The number of nitrogens with one attached hydrogen (secondary N) is 2. The fourth-order valence-corrected chi connectivity index (χ4v) is 2.16. The quantitative estimate of drug-likeness (QED) is 0.579. The molecule has 0 amide bonds. The van der Waals surface area contributed by atoms with Crippen LogP contribution in [0.5, 0.6) is 0 Å². The van der Waals surface area contributed by atoms with Crippen LogP contribution in [0.2, 0.25) is 0 Å². The Balaban J connectivity index is 2.48. The highest BCUT2D eigenvalue weighted by molar-refractivity contribution is 7.89. The fraction of sp³-hybridized carbons (Fsp3) is 0.455. The van der Waals surface area contributed by atoms with Crippen LogP contribution in [0.3, 0.4) is 0 Å². The molecule has 0 spiro atoms. The van der Waals surface area contributed by atoms with E-state index in [0.29, 0.717) is 25.4 Å². The molecule has 0 atom stereocenters. The van der Waals surface area contributed by atoms with Gasteiger partial charge in [0.2, 0.25) is 10.0 Å². The largest absolute Gasteiger partial charge is 0.383 e. The normalized spacial score (nSPS) is 11.4. The lowest BCUT2D eigenvalue weighted by atomic mass is 10.3. The van der Waals surface area contributed by atoms with Crippen molar-refractivity contribution in [3.8, 4) is 0 Å². The maximum Gasteiger partial charge on any atom is 0.240 e. The average Bonchev–Trinajstić information content (AvgIpc) is 2.33. The van der Waals surface area contributed by atoms with Crippen molar-refractivity contribution in [3.05, 3.63) is 24.3 Å². The van der Waals surface area contributed by atoms with Crippen LogP contribution in [0.15, 0.2) is 29.2 Å². The van der Waals surface area contributed by atoms with Gasteiger partial charge >= 0.3 is 0 Å². The van der Waals surface area contributed by atoms with Crippen LogP contribution >= 0.6 is 0 Å². The third-order valence-electron chi connectivity index (χ3n) is 2.29. The van der Waals surface area contributed by atoms with Crippen LogP contribution in [0.4, 0.5) is 5.69 Å². The first-order valence-corrected chi connectivity index (χ1v) is 7.15. The minimum absolute atomic E-state index is 0.113. The molecular weight excluding hydrogens is 254 g/mol. The summed E-state index contributed by atoms with van der Waals surface area (Å²) in [5.74, 6) is 0. The minimum Gasteiger partial charge on any atom is -0.383 e. The van der Waals surface area contributed by atoms with E-state index < -0.39 is 10.0 Å². The number of para-hydroxylation sites is 1. The number of sulfonamides is 1. The van der Waals surface area contributed by atoms with Crippen molar-refractivity contribution in [2.45, 2.75) is 4.90 Å². The second kappa shape index (κ2) is 7.32. The van der Waals surface area contributed by atoms with Gasteiger partial charge in [-0.3, -0.25) is 0 Å². The molecule has 0 aliphatic heterocycles. The van der Waals surface area contributed by atoms with Crippen molar-refractivity contribution in [3.63, 3.8) is 0 Å². The first-order chi connectivity index (χ1) is 8.55. The van der Waals surface area contributed by atoms with Gasteiger partial charge in [-0.05, 0) is 12.1 Å². The Morgan fingerprint density at radius 3 is 2.61 bits per heavy atom. The molecule has 0 bridgehead atoms. The SMILES string of the molecule is COCCNCCNc1ccccc1S(N)(=O)=O. The lowest BCUT2D eigenvalue weighted by Crippen LogP contribution is -2.26. The topological polar surface area (TPSA) is 93.4 Å². The molecule has 1 rings (SSSR count). The summed E-state index contributed by atoms with van der Waals surface area (Å²) in [4.78, 5) is 0.113. The summed E-state index contributed by atoms with van der Waals surface area (Å²) in [6, 6.07) is 6.57. The zero-order chi connectivity index (χ0) is 13.4. The van der Waals surface area contributed by atoms with E-state index in [0.717, 1.165) is 6.54 Å². The molecule has 7 heteroatoms. The number of hydrogen-bond acceptors (Lipinski definition) is 5. The van der Waals surface area contributed by atoms with Crippen molar-refractivity contribution in [1.82, 2.24) is 5.32 Å². The Morgan fingerprint density at radius 1 is 1.22 bits per heavy atom. The smallest absolute Gasteiger partial charge is 0.240 e. The van der Waals surface area contributed by atoms with Gasteiger partial charge in [0.15, 0.2) is 0 Å². The summed E-state index contributed by atoms with van der Waals surface area (Å²) in [5.41, 5.74) is 0.522. The number of ether oxygens (including phenoxy) is 1. The molecular formula is C11H19N3O3S. The molecule has 6 nitrogen and oxygen atoms in total. The maximum absolute atomic E-state index is 11.3. The summed E-state index contributed by atoms with van der Waals surface area (Å²) in [7, 11) is -2.05. The second-order valence-electron chi connectivity index (χ2n) is 3.71. The van der Waals surface area contributed by atoms with Gasteiger partial charge in [0, 0.05) is 26.7 Å². The van der Waals surface area contributed by atoms with E-state index in [9.17, 15) is 8.42 Å². The zero-order valence-corrected chi connectivity index (χ0v) is 11.2. The van der Waals surface area contributed by atoms with Gasteiger partial charge in [-0.15, -0.1) is 0 Å². The second-order valence-corrected chi connectivity index (χ2v) is 5.24. The van der Waals surface area contributed by atoms with Gasteiger partial charge in [-0.25, -0.2) is 13.6 Å². The van der Waals surface area contributed by atoms with Crippen LogP contribution in [-0.2, 0) is 14.8 Å². The Kier molecular flexibility index (Phi) is 6.06. The Labute approximate surface area is 108 Å². The first-order valence-electron chi connectivity index (χ1n) is 5.61. The summed E-state index contributed by atoms with van der Waals surface area (Å²) in [6.07, 6.45) is 0. The van der Waals surface area contributed by atoms with Gasteiger partial charge < -0.3 is 15.4 Å². The van der Waals surface area contributed by atoms with Crippen LogP contribution < -0.4 is 15.8 Å². The van der Waals surface area contributed by atoms with Crippen LogP contribution in [-0.4, -0.2) is 41.8 Å². The van der Waals surface area contributed by atoms with Gasteiger partial charge in [0.25, 0.3) is 0 Å². The Bertz CT molecular complexity index is 462. The fourth-order valence-electron chi connectivity index (χ4n) is 1.45. The lowest BCUT2D eigenvalue weighted by molar-refractivity contribution is 0.200. The molecule has 0 saturated carbocycles. The molecule has 0 aromatic heterocycles. The van der Waals surface area contributed by atoms with E-state index >= 15 is 0 Å². The van der Waals surface area contributed by atoms with Gasteiger partial charge in [0.05, 0.1) is 12.3 Å². The number of hydrogen-bond donors (Lipinski definition) is 3. The van der Waals surface area contributed by atoms with E-state index in [-0.39, 0.29) is 4.90 Å². The lowest BCUT2D eigenvalue weighted by Gasteiger charge is -2.10. The molecule has 1 aromatic carbocycles. The Hall–Kier alpha value is -1.15. The molecule has 18 heavy (non-hydrogen) atoms. The summed E-state index contributed by atoms with van der Waals surface area (Å²) < 4.78 is 27.6. The van der Waals surface area contributed by atoms with Crippen molar-refractivity contribution >= 4 is 15.7 Å². The molecule has 4 N–H and O–H groups in total. The molecule has 0 unspecified atom stereocenters. The number of methoxy groups -OCH3 is 1. The molecule has 0 radical (unpaired) electrons. The predicted molar refractivity (Wildman–Crippen MR) is 71.1 cm³/mol. The highest BCUT2D eigenvalue weighted by atomic mass is 32.2. The molecule has 0 heterocycles. The first kappa shape index (κ1) is 14.9. The number of nitrogens with two attached hydrogens (primary N) is 1. The molecule has 0 aliphatic rings. The van der Waals surface area contributed by atoms with E-state index in [4.69, 9.17) is 9.88 Å². The molecule has 1 aromatic rings. The molecule has 102 valence electrons. The van der Waals surface area contributed by atoms with Crippen LogP contribution in [0.25, 0.3) is 0 Å². The highest BCUT2D eigenvalue weighted by Crippen LogP contribution is 2.18. The summed E-state index contributed by atoms with van der Waals surface area (Å²) in [6.45, 7) is 2.72. The van der Waals surface area contributed by atoms with Crippen molar-refractivity contribution in [1.29, 1.82) is 0 Å². The third kappa shape index (κ3) is 5.01. The Morgan fingerprint density at radius 2 is 1.94 bits per heavy atom. The van der Waals surface area contributed by atoms with Crippen LogP contribution in [0.1, 0.15) is 0 Å². The maximum atomic E-state index is 11.3. The zero-order valence-electron chi connectivity index (χ0n) is 10.3. The van der Waals surface area contributed by atoms with E-state index in [1.54, 1.807) is 25.3 Å². The number of anilines is 1. The van der Waals surface area contributed by atoms with Gasteiger partial charge in [0.1, 0.15) is 4.90 Å². The number of primary sulfonamides is 1. The number of rotatable bonds is 8. The molecule has 0 saturated heterocycles. The summed E-state index contributed by atoms with van der Waals surface area (Å²) in [5, 5.41) is 11.3. The van der Waals surface area contributed by atoms with Crippen molar-refractivity contribution in [2.75, 3.05) is 38.7 Å². The minimum atomic E-state index is -3.69. The van der Waals surface area contributed by atoms with Crippen molar-refractivity contribution in [2.24, 2.45) is 5.14 Å². The molecule has 0 aliphatic carbocycles. The highest BCUT2D eigenvalue weighted by Gasteiger charge is 2.12. The van der Waals surface area contributed by atoms with Crippen molar-refractivity contribution < 1.29 is 13.2 Å². The number of benzene rings is 1.